The fraction of sp³-hybridized carbons (Fsp3) is 0.600. The molecule has 1 amide bonds. The molecule has 0 aliphatic rings. The summed E-state index contributed by atoms with van der Waals surface area (Å²) in [5.74, 6) is 1.23. The molecule has 0 aliphatic heterocycles. The molecule has 1 rings (SSSR count). The molecule has 1 aromatic rings. The Hall–Kier alpha value is -2.02. The van der Waals surface area contributed by atoms with Gasteiger partial charge in [-0.1, -0.05) is 0 Å². The molecule has 0 unspecified atom stereocenters. The number of nitrogens with zero attached hydrogens (tertiary/aromatic N) is 1. The van der Waals surface area contributed by atoms with Gasteiger partial charge in [0.1, 0.15) is 5.76 Å². The van der Waals surface area contributed by atoms with E-state index in [-0.39, 0.29) is 12.5 Å². The van der Waals surface area contributed by atoms with Crippen LogP contribution >= 0.6 is 0 Å². The van der Waals surface area contributed by atoms with Crippen molar-refractivity contribution in [1.82, 2.24) is 16.0 Å². The number of nitrogens with one attached hydrogen (secondary N) is 3. The summed E-state index contributed by atoms with van der Waals surface area (Å²) in [5, 5.41) is 8.88. The molecule has 124 valence electrons. The zero-order valence-corrected chi connectivity index (χ0v) is 13.4. The van der Waals surface area contributed by atoms with Crippen molar-refractivity contribution >= 4 is 11.9 Å². The van der Waals surface area contributed by atoms with Gasteiger partial charge < -0.3 is 25.1 Å². The van der Waals surface area contributed by atoms with Crippen LogP contribution in [-0.4, -0.2) is 45.2 Å². The maximum absolute atomic E-state index is 11.7. The highest BCUT2D eigenvalue weighted by molar-refractivity contribution is 5.86. The number of unbranched alkanes of at least 4 members (excludes halogenated alkanes) is 1. The van der Waals surface area contributed by atoms with Gasteiger partial charge in [-0.3, -0.25) is 9.79 Å². The van der Waals surface area contributed by atoms with Gasteiger partial charge >= 0.3 is 0 Å². The summed E-state index contributed by atoms with van der Waals surface area (Å²) in [4.78, 5) is 15.8. The molecule has 0 radical (unpaired) electrons. The molecule has 3 N–H and O–H groups in total. The minimum atomic E-state index is -0.115. The van der Waals surface area contributed by atoms with Crippen molar-refractivity contribution in [2.45, 2.75) is 26.3 Å². The monoisotopic (exact) mass is 310 g/mol. The van der Waals surface area contributed by atoms with E-state index in [4.69, 9.17) is 9.15 Å². The molecule has 0 bridgehead atoms. The van der Waals surface area contributed by atoms with Crippen LogP contribution in [0.2, 0.25) is 0 Å². The summed E-state index contributed by atoms with van der Waals surface area (Å²) in [6.45, 7) is 4.86. The van der Waals surface area contributed by atoms with Crippen molar-refractivity contribution in [3.05, 3.63) is 24.2 Å². The summed E-state index contributed by atoms with van der Waals surface area (Å²) < 4.78 is 10.4. The predicted octanol–water partition coefficient (Wildman–Crippen LogP) is 0.878. The van der Waals surface area contributed by atoms with Crippen LogP contribution in [-0.2, 0) is 16.1 Å². The SMILES string of the molecule is CCOCCCCNC(=NC)NCC(=O)NCc1ccco1. The van der Waals surface area contributed by atoms with Crippen LogP contribution in [0.4, 0.5) is 0 Å². The smallest absolute Gasteiger partial charge is 0.239 e. The summed E-state index contributed by atoms with van der Waals surface area (Å²) in [6, 6.07) is 3.60. The first-order valence-corrected chi connectivity index (χ1v) is 7.57. The lowest BCUT2D eigenvalue weighted by Crippen LogP contribution is -2.43. The number of hydrogen-bond donors (Lipinski definition) is 3. The number of aliphatic imine (C=N–C) groups is 1. The van der Waals surface area contributed by atoms with E-state index in [2.05, 4.69) is 20.9 Å². The van der Waals surface area contributed by atoms with E-state index in [1.54, 1.807) is 19.4 Å². The third-order valence-corrected chi connectivity index (χ3v) is 2.89. The van der Waals surface area contributed by atoms with E-state index < -0.39 is 0 Å². The molecule has 0 aliphatic carbocycles. The van der Waals surface area contributed by atoms with Crippen LogP contribution < -0.4 is 16.0 Å². The van der Waals surface area contributed by atoms with Crippen molar-refractivity contribution in [2.24, 2.45) is 4.99 Å². The Morgan fingerprint density at radius 1 is 1.32 bits per heavy atom. The molecule has 7 nitrogen and oxygen atoms in total. The number of guanidine groups is 1. The van der Waals surface area contributed by atoms with Crippen LogP contribution in [0.3, 0.4) is 0 Å². The van der Waals surface area contributed by atoms with Gasteiger partial charge in [0.2, 0.25) is 5.91 Å². The Bertz CT molecular complexity index is 432. The number of carbonyl (C=O) groups excluding carboxylic acids is 1. The second-order valence-corrected chi connectivity index (χ2v) is 4.61. The second-order valence-electron chi connectivity index (χ2n) is 4.61. The average Bonchev–Trinajstić information content (AvgIpc) is 3.05. The largest absolute Gasteiger partial charge is 0.467 e. The Morgan fingerprint density at radius 3 is 2.86 bits per heavy atom. The molecule has 1 aromatic heterocycles. The average molecular weight is 310 g/mol. The van der Waals surface area contributed by atoms with Gasteiger partial charge in [0, 0.05) is 26.8 Å². The summed E-state index contributed by atoms with van der Waals surface area (Å²) in [6.07, 6.45) is 3.57. The number of furan rings is 1. The molecular weight excluding hydrogens is 284 g/mol. The first kappa shape index (κ1) is 18.0. The molecule has 0 saturated carbocycles. The van der Waals surface area contributed by atoms with Crippen molar-refractivity contribution in [2.75, 3.05) is 33.4 Å². The number of hydrogen-bond acceptors (Lipinski definition) is 4. The second kappa shape index (κ2) is 11.6. The quantitative estimate of drug-likeness (QED) is 0.339. The highest BCUT2D eigenvalue weighted by atomic mass is 16.5. The highest BCUT2D eigenvalue weighted by Gasteiger charge is 2.04. The first-order chi connectivity index (χ1) is 10.8. The van der Waals surface area contributed by atoms with Gasteiger partial charge in [-0.15, -0.1) is 0 Å². The third-order valence-electron chi connectivity index (χ3n) is 2.89. The van der Waals surface area contributed by atoms with Crippen molar-refractivity contribution in [3.8, 4) is 0 Å². The van der Waals surface area contributed by atoms with E-state index in [1.165, 1.54) is 0 Å². The zero-order chi connectivity index (χ0) is 16.0. The third kappa shape index (κ3) is 8.31. The lowest BCUT2D eigenvalue weighted by molar-refractivity contribution is -0.120. The Morgan fingerprint density at radius 2 is 2.18 bits per heavy atom. The summed E-state index contributed by atoms with van der Waals surface area (Å²) in [5.41, 5.74) is 0. The van der Waals surface area contributed by atoms with E-state index in [0.29, 0.717) is 12.5 Å². The number of rotatable bonds is 10. The van der Waals surface area contributed by atoms with Crippen LogP contribution in [0.25, 0.3) is 0 Å². The molecule has 0 aromatic carbocycles. The Labute approximate surface area is 131 Å². The van der Waals surface area contributed by atoms with Crippen LogP contribution in [0.15, 0.2) is 27.8 Å². The zero-order valence-electron chi connectivity index (χ0n) is 13.4. The minimum absolute atomic E-state index is 0.115. The van der Waals surface area contributed by atoms with E-state index in [1.807, 2.05) is 13.0 Å². The van der Waals surface area contributed by atoms with Gasteiger partial charge in [-0.25, -0.2) is 0 Å². The van der Waals surface area contributed by atoms with E-state index >= 15 is 0 Å². The maximum atomic E-state index is 11.7. The number of carbonyl (C=O) groups is 1. The first-order valence-electron chi connectivity index (χ1n) is 7.57. The molecule has 22 heavy (non-hydrogen) atoms. The highest BCUT2D eigenvalue weighted by Crippen LogP contribution is 1.97. The van der Waals surface area contributed by atoms with E-state index in [9.17, 15) is 4.79 Å². The lowest BCUT2D eigenvalue weighted by atomic mass is 10.3. The Balaban J connectivity index is 2.08. The van der Waals surface area contributed by atoms with Gasteiger partial charge in [-0.05, 0) is 31.9 Å². The standard InChI is InChI=1S/C15H26N4O3/c1-3-21-9-5-4-8-17-15(16-2)19-12-14(20)18-11-13-7-6-10-22-13/h6-7,10H,3-5,8-9,11-12H2,1-2H3,(H,18,20)(H2,16,17,19). The summed E-state index contributed by atoms with van der Waals surface area (Å²) in [7, 11) is 1.68. The van der Waals surface area contributed by atoms with Crippen molar-refractivity contribution in [1.29, 1.82) is 0 Å². The van der Waals surface area contributed by atoms with Crippen molar-refractivity contribution in [3.63, 3.8) is 0 Å². The van der Waals surface area contributed by atoms with Crippen LogP contribution in [0.5, 0.6) is 0 Å². The summed E-state index contributed by atoms with van der Waals surface area (Å²) >= 11 is 0. The molecule has 0 spiro atoms. The van der Waals surface area contributed by atoms with Gasteiger partial charge in [0.05, 0.1) is 19.4 Å². The fourth-order valence-electron chi connectivity index (χ4n) is 1.73. The number of amides is 1. The minimum Gasteiger partial charge on any atom is -0.467 e. The van der Waals surface area contributed by atoms with Crippen LogP contribution in [0, 0.1) is 0 Å². The topological polar surface area (TPSA) is 87.9 Å². The molecule has 7 heteroatoms. The van der Waals surface area contributed by atoms with Crippen molar-refractivity contribution < 1.29 is 13.9 Å². The molecular formula is C15H26N4O3. The van der Waals surface area contributed by atoms with E-state index in [0.717, 1.165) is 38.4 Å². The number of ether oxygens (including phenoxy) is 1. The van der Waals surface area contributed by atoms with Gasteiger partial charge in [-0.2, -0.15) is 0 Å². The maximum Gasteiger partial charge on any atom is 0.239 e. The molecule has 0 fully saturated rings. The molecule has 0 atom stereocenters. The fourth-order valence-corrected chi connectivity index (χ4v) is 1.73. The normalized spacial score (nSPS) is 11.3. The van der Waals surface area contributed by atoms with Gasteiger partial charge in [0.15, 0.2) is 5.96 Å². The predicted molar refractivity (Wildman–Crippen MR) is 85.6 cm³/mol. The molecule has 1 heterocycles. The van der Waals surface area contributed by atoms with Crippen LogP contribution in [0.1, 0.15) is 25.5 Å². The molecule has 0 saturated heterocycles. The lowest BCUT2D eigenvalue weighted by Gasteiger charge is -2.11. The van der Waals surface area contributed by atoms with Gasteiger partial charge in [0.25, 0.3) is 0 Å². The Kier molecular flexibility index (Phi) is 9.52.